The molecule has 0 fully saturated rings. The number of aromatic nitrogens is 1. The summed E-state index contributed by atoms with van der Waals surface area (Å²) in [6, 6.07) is 3.96. The van der Waals surface area contributed by atoms with E-state index < -0.39 is 0 Å². The van der Waals surface area contributed by atoms with E-state index in [0.29, 0.717) is 11.1 Å². The zero-order valence-corrected chi connectivity index (χ0v) is 10.9. The normalized spacial score (nSPS) is 12.7. The second kappa shape index (κ2) is 7.90. The first-order valence-corrected chi connectivity index (χ1v) is 6.71. The van der Waals surface area contributed by atoms with Gasteiger partial charge in [-0.1, -0.05) is 18.5 Å². The Hall–Kier alpha value is -0.290. The topological polar surface area (TPSA) is 45.1 Å². The summed E-state index contributed by atoms with van der Waals surface area (Å²) in [6.45, 7) is 3.16. The van der Waals surface area contributed by atoms with Crippen molar-refractivity contribution >= 4 is 23.4 Å². The summed E-state index contributed by atoms with van der Waals surface area (Å²) in [6.07, 6.45) is 2.49. The van der Waals surface area contributed by atoms with Crippen LogP contribution >= 0.6 is 23.4 Å². The first-order chi connectivity index (χ1) is 7.77. The first-order valence-electron chi connectivity index (χ1n) is 5.35. The average molecular weight is 261 g/mol. The molecular weight excluding hydrogens is 244 g/mol. The van der Waals surface area contributed by atoms with Crippen molar-refractivity contribution in [1.29, 1.82) is 0 Å². The molecule has 1 unspecified atom stereocenters. The number of hydrogen-bond acceptors (Lipinski definition) is 4. The second-order valence-electron chi connectivity index (χ2n) is 3.37. The molecule has 1 aromatic rings. The Balaban J connectivity index is 2.45. The highest BCUT2D eigenvalue weighted by atomic mass is 35.5. The summed E-state index contributed by atoms with van der Waals surface area (Å²) in [5.74, 6) is 0.866. The Kier molecular flexibility index (Phi) is 6.80. The Labute approximate surface area is 106 Å². The lowest BCUT2D eigenvalue weighted by Gasteiger charge is -2.15. The van der Waals surface area contributed by atoms with Gasteiger partial charge < -0.3 is 10.4 Å². The van der Waals surface area contributed by atoms with Crippen LogP contribution in [0.15, 0.2) is 23.4 Å². The molecule has 1 atom stereocenters. The van der Waals surface area contributed by atoms with E-state index >= 15 is 0 Å². The summed E-state index contributed by atoms with van der Waals surface area (Å²) in [5, 5.41) is 13.8. The molecule has 0 saturated carbocycles. The van der Waals surface area contributed by atoms with E-state index in [0.717, 1.165) is 23.7 Å². The minimum Gasteiger partial charge on any atom is -0.396 e. The van der Waals surface area contributed by atoms with Gasteiger partial charge in [0.2, 0.25) is 0 Å². The van der Waals surface area contributed by atoms with Gasteiger partial charge in [0, 0.05) is 24.6 Å². The number of aliphatic hydroxyl groups excluding tert-OH is 1. The van der Waals surface area contributed by atoms with Crippen LogP contribution in [-0.4, -0.2) is 35.0 Å². The molecule has 0 aliphatic carbocycles. The van der Waals surface area contributed by atoms with E-state index in [1.165, 1.54) is 0 Å². The number of rotatable bonds is 7. The third-order valence-electron chi connectivity index (χ3n) is 2.12. The van der Waals surface area contributed by atoms with Gasteiger partial charge in [0.1, 0.15) is 5.03 Å². The van der Waals surface area contributed by atoms with Crippen molar-refractivity contribution in [1.82, 2.24) is 10.3 Å². The number of nitrogens with zero attached hydrogens (tertiary/aromatic N) is 1. The van der Waals surface area contributed by atoms with Crippen LogP contribution in [0.2, 0.25) is 5.02 Å². The largest absolute Gasteiger partial charge is 0.396 e. The van der Waals surface area contributed by atoms with E-state index in [4.69, 9.17) is 16.7 Å². The highest BCUT2D eigenvalue weighted by Gasteiger charge is 2.09. The Morgan fingerprint density at radius 1 is 1.62 bits per heavy atom. The number of thioether (sulfide) groups is 1. The van der Waals surface area contributed by atoms with E-state index in [1.807, 2.05) is 12.1 Å². The maximum absolute atomic E-state index is 8.92. The molecule has 5 heteroatoms. The molecule has 1 heterocycles. The van der Waals surface area contributed by atoms with Crippen LogP contribution in [0.3, 0.4) is 0 Å². The van der Waals surface area contributed by atoms with Crippen molar-refractivity contribution in [2.24, 2.45) is 0 Å². The quantitative estimate of drug-likeness (QED) is 0.738. The fourth-order valence-corrected chi connectivity index (χ4v) is 2.62. The number of aliphatic hydroxyl groups is 1. The molecule has 0 saturated heterocycles. The fourth-order valence-electron chi connectivity index (χ4n) is 1.35. The molecule has 0 aliphatic rings. The number of hydrogen-bond donors (Lipinski definition) is 2. The SMILES string of the molecule is CCNC(CCO)CSc1ncccc1Cl. The van der Waals surface area contributed by atoms with Crippen molar-refractivity contribution < 1.29 is 5.11 Å². The average Bonchev–Trinajstić information content (AvgIpc) is 2.28. The van der Waals surface area contributed by atoms with Crippen LogP contribution < -0.4 is 5.32 Å². The fraction of sp³-hybridized carbons (Fsp3) is 0.545. The molecule has 2 N–H and O–H groups in total. The number of halogens is 1. The van der Waals surface area contributed by atoms with E-state index in [1.54, 1.807) is 18.0 Å². The van der Waals surface area contributed by atoms with E-state index in [-0.39, 0.29) is 6.61 Å². The minimum absolute atomic E-state index is 0.203. The molecule has 0 bridgehead atoms. The van der Waals surface area contributed by atoms with Crippen molar-refractivity contribution in [2.75, 3.05) is 18.9 Å². The lowest BCUT2D eigenvalue weighted by molar-refractivity contribution is 0.271. The van der Waals surface area contributed by atoms with Crippen molar-refractivity contribution in [2.45, 2.75) is 24.4 Å². The molecule has 0 spiro atoms. The van der Waals surface area contributed by atoms with Crippen molar-refractivity contribution in [3.8, 4) is 0 Å². The van der Waals surface area contributed by atoms with Crippen LogP contribution in [0.4, 0.5) is 0 Å². The third kappa shape index (κ3) is 4.70. The summed E-state index contributed by atoms with van der Waals surface area (Å²) >= 11 is 7.63. The van der Waals surface area contributed by atoms with Gasteiger partial charge in [-0.15, -0.1) is 11.8 Å². The Bertz CT molecular complexity index is 306. The maximum Gasteiger partial charge on any atom is 0.115 e. The Morgan fingerprint density at radius 3 is 3.06 bits per heavy atom. The van der Waals surface area contributed by atoms with E-state index in [2.05, 4.69) is 17.2 Å². The Morgan fingerprint density at radius 2 is 2.44 bits per heavy atom. The highest BCUT2D eigenvalue weighted by molar-refractivity contribution is 7.99. The van der Waals surface area contributed by atoms with Crippen LogP contribution in [0.5, 0.6) is 0 Å². The van der Waals surface area contributed by atoms with Gasteiger partial charge in [-0.05, 0) is 25.1 Å². The van der Waals surface area contributed by atoms with Crippen LogP contribution in [0, 0.1) is 0 Å². The monoisotopic (exact) mass is 260 g/mol. The third-order valence-corrected chi connectivity index (χ3v) is 3.70. The number of nitrogens with one attached hydrogen (secondary N) is 1. The van der Waals surface area contributed by atoms with Crippen LogP contribution in [-0.2, 0) is 0 Å². The number of pyridine rings is 1. The minimum atomic E-state index is 0.203. The summed E-state index contributed by atoms with van der Waals surface area (Å²) in [5.41, 5.74) is 0. The van der Waals surface area contributed by atoms with Crippen molar-refractivity contribution in [3.63, 3.8) is 0 Å². The zero-order chi connectivity index (χ0) is 11.8. The second-order valence-corrected chi connectivity index (χ2v) is 4.78. The molecule has 90 valence electrons. The predicted molar refractivity (Wildman–Crippen MR) is 69.1 cm³/mol. The molecule has 0 aromatic carbocycles. The molecule has 1 rings (SSSR count). The van der Waals surface area contributed by atoms with Gasteiger partial charge in [0.05, 0.1) is 5.02 Å². The molecular formula is C11H17ClN2OS. The van der Waals surface area contributed by atoms with E-state index in [9.17, 15) is 0 Å². The molecule has 3 nitrogen and oxygen atoms in total. The van der Waals surface area contributed by atoms with Gasteiger partial charge in [-0.3, -0.25) is 0 Å². The predicted octanol–water partition coefficient (Wildman–Crippen LogP) is 2.19. The molecule has 0 radical (unpaired) electrons. The highest BCUT2D eigenvalue weighted by Crippen LogP contribution is 2.24. The first kappa shape index (κ1) is 13.8. The van der Waals surface area contributed by atoms with Gasteiger partial charge in [0.25, 0.3) is 0 Å². The molecule has 1 aromatic heterocycles. The lowest BCUT2D eigenvalue weighted by atomic mass is 10.2. The van der Waals surface area contributed by atoms with Gasteiger partial charge in [0.15, 0.2) is 0 Å². The van der Waals surface area contributed by atoms with Gasteiger partial charge >= 0.3 is 0 Å². The van der Waals surface area contributed by atoms with Crippen molar-refractivity contribution in [3.05, 3.63) is 23.4 Å². The zero-order valence-electron chi connectivity index (χ0n) is 9.32. The molecule has 0 amide bonds. The summed E-state index contributed by atoms with van der Waals surface area (Å²) in [4.78, 5) is 4.21. The summed E-state index contributed by atoms with van der Waals surface area (Å²) < 4.78 is 0. The van der Waals surface area contributed by atoms with Gasteiger partial charge in [-0.25, -0.2) is 4.98 Å². The summed E-state index contributed by atoms with van der Waals surface area (Å²) in [7, 11) is 0. The molecule has 0 aliphatic heterocycles. The van der Waals surface area contributed by atoms with Crippen LogP contribution in [0.1, 0.15) is 13.3 Å². The van der Waals surface area contributed by atoms with Crippen LogP contribution in [0.25, 0.3) is 0 Å². The molecule has 16 heavy (non-hydrogen) atoms. The maximum atomic E-state index is 8.92. The smallest absolute Gasteiger partial charge is 0.115 e. The standard InChI is InChI=1S/C11H17ClN2OS/c1-2-13-9(5-7-15)8-16-11-10(12)4-3-6-14-11/h3-4,6,9,13,15H,2,5,7-8H2,1H3. The lowest BCUT2D eigenvalue weighted by Crippen LogP contribution is -2.32. The van der Waals surface area contributed by atoms with Gasteiger partial charge in [-0.2, -0.15) is 0 Å².